The number of rotatable bonds is 3. The van der Waals surface area contributed by atoms with Crippen LogP contribution < -0.4 is 11.1 Å². The van der Waals surface area contributed by atoms with Crippen molar-refractivity contribution in [3.63, 3.8) is 0 Å². The second-order valence-electron chi connectivity index (χ2n) is 3.27. The van der Waals surface area contributed by atoms with Crippen LogP contribution in [0.2, 0.25) is 5.02 Å². The largest absolute Gasteiger partial charge is 0.480 e. The van der Waals surface area contributed by atoms with Crippen LogP contribution >= 0.6 is 11.6 Å². The topological polar surface area (TPSA) is 92.4 Å². The molecule has 6 heteroatoms. The average molecular weight is 243 g/mol. The number of nitrogen functional groups attached to an aromatic ring is 1. The fraction of sp³-hybridized carbons (Fsp3) is 0.200. The Morgan fingerprint density at radius 2 is 2.12 bits per heavy atom. The van der Waals surface area contributed by atoms with E-state index in [9.17, 15) is 9.59 Å². The van der Waals surface area contributed by atoms with Crippen LogP contribution in [0.4, 0.5) is 5.69 Å². The Labute approximate surface area is 97.2 Å². The maximum absolute atomic E-state index is 11.6. The van der Waals surface area contributed by atoms with Crippen molar-refractivity contribution >= 4 is 29.2 Å². The molecule has 5 nitrogen and oxygen atoms in total. The van der Waals surface area contributed by atoms with Gasteiger partial charge in [-0.05, 0) is 25.1 Å². The summed E-state index contributed by atoms with van der Waals surface area (Å²) in [6.07, 6.45) is 0. The third-order valence-electron chi connectivity index (χ3n) is 1.95. The predicted molar refractivity (Wildman–Crippen MR) is 60.4 cm³/mol. The number of amides is 1. The van der Waals surface area contributed by atoms with E-state index >= 15 is 0 Å². The van der Waals surface area contributed by atoms with E-state index in [2.05, 4.69) is 5.32 Å². The Bertz CT molecular complexity index is 434. The molecule has 0 spiro atoms. The lowest BCUT2D eigenvalue weighted by molar-refractivity contribution is -0.138. The first-order valence-corrected chi connectivity index (χ1v) is 4.88. The number of carbonyl (C=O) groups excluding carboxylic acids is 1. The molecular weight excluding hydrogens is 232 g/mol. The monoisotopic (exact) mass is 242 g/mol. The van der Waals surface area contributed by atoms with Crippen LogP contribution in [0.5, 0.6) is 0 Å². The molecule has 1 rings (SSSR count). The molecule has 0 aliphatic rings. The summed E-state index contributed by atoms with van der Waals surface area (Å²) in [6, 6.07) is 3.45. The van der Waals surface area contributed by atoms with Gasteiger partial charge in [-0.2, -0.15) is 0 Å². The number of aliphatic carboxylic acids is 1. The van der Waals surface area contributed by atoms with E-state index < -0.39 is 17.9 Å². The van der Waals surface area contributed by atoms with Crippen LogP contribution in [0, 0.1) is 0 Å². The molecule has 1 aromatic carbocycles. The van der Waals surface area contributed by atoms with E-state index in [0.717, 1.165) is 0 Å². The van der Waals surface area contributed by atoms with E-state index in [0.29, 0.717) is 5.69 Å². The smallest absolute Gasteiger partial charge is 0.325 e. The van der Waals surface area contributed by atoms with Crippen molar-refractivity contribution in [1.82, 2.24) is 5.32 Å². The summed E-state index contributed by atoms with van der Waals surface area (Å²) in [5.74, 6) is -1.68. The molecule has 0 aliphatic heterocycles. The highest BCUT2D eigenvalue weighted by atomic mass is 35.5. The lowest BCUT2D eigenvalue weighted by Gasteiger charge is -2.10. The first-order chi connectivity index (χ1) is 7.41. The molecule has 1 amide bonds. The maximum Gasteiger partial charge on any atom is 0.325 e. The highest BCUT2D eigenvalue weighted by Crippen LogP contribution is 2.18. The first-order valence-electron chi connectivity index (χ1n) is 4.50. The van der Waals surface area contributed by atoms with Crippen molar-refractivity contribution < 1.29 is 14.7 Å². The van der Waals surface area contributed by atoms with Gasteiger partial charge in [-0.25, -0.2) is 0 Å². The van der Waals surface area contributed by atoms with Crippen molar-refractivity contribution in [3.8, 4) is 0 Å². The van der Waals surface area contributed by atoms with Crippen LogP contribution in [0.1, 0.15) is 17.3 Å². The molecule has 0 aromatic heterocycles. The van der Waals surface area contributed by atoms with E-state index in [1.165, 1.54) is 19.1 Å². The molecular formula is C10H11ClN2O3. The van der Waals surface area contributed by atoms with Gasteiger partial charge in [0, 0.05) is 5.69 Å². The van der Waals surface area contributed by atoms with E-state index in [1.54, 1.807) is 6.07 Å². The molecule has 0 saturated heterocycles. The SMILES string of the molecule is CC(NC(=O)c1cc(N)ccc1Cl)C(=O)O. The average Bonchev–Trinajstić information content (AvgIpc) is 2.21. The minimum Gasteiger partial charge on any atom is -0.480 e. The van der Waals surface area contributed by atoms with Crippen molar-refractivity contribution in [1.29, 1.82) is 0 Å². The van der Waals surface area contributed by atoms with E-state index in [1.807, 2.05) is 0 Å². The fourth-order valence-corrected chi connectivity index (χ4v) is 1.26. The zero-order valence-corrected chi connectivity index (χ0v) is 9.28. The molecule has 0 fully saturated rings. The Hall–Kier alpha value is -1.75. The number of carboxylic acid groups (broad SMARTS) is 1. The number of carboxylic acids is 1. The maximum atomic E-state index is 11.6. The Kier molecular flexibility index (Phi) is 3.73. The van der Waals surface area contributed by atoms with Gasteiger partial charge in [-0.3, -0.25) is 9.59 Å². The normalized spacial score (nSPS) is 11.9. The van der Waals surface area contributed by atoms with Gasteiger partial charge in [-0.15, -0.1) is 0 Å². The van der Waals surface area contributed by atoms with Gasteiger partial charge in [0.2, 0.25) is 0 Å². The molecule has 0 heterocycles. The van der Waals surface area contributed by atoms with Crippen LogP contribution in [-0.4, -0.2) is 23.0 Å². The number of halogens is 1. The second kappa shape index (κ2) is 4.85. The Morgan fingerprint density at radius 1 is 1.50 bits per heavy atom. The van der Waals surface area contributed by atoms with Gasteiger partial charge in [0.1, 0.15) is 6.04 Å². The number of hydrogen-bond donors (Lipinski definition) is 3. The molecule has 86 valence electrons. The number of anilines is 1. The molecule has 0 aliphatic carbocycles. The minimum absolute atomic E-state index is 0.162. The number of hydrogen-bond acceptors (Lipinski definition) is 3. The van der Waals surface area contributed by atoms with Gasteiger partial charge >= 0.3 is 5.97 Å². The minimum atomic E-state index is -1.12. The summed E-state index contributed by atoms with van der Waals surface area (Å²) in [7, 11) is 0. The van der Waals surface area contributed by atoms with Gasteiger partial charge in [-0.1, -0.05) is 11.6 Å². The summed E-state index contributed by atoms with van der Waals surface area (Å²) in [5, 5.41) is 11.1. The molecule has 16 heavy (non-hydrogen) atoms. The number of carbonyl (C=O) groups is 2. The highest BCUT2D eigenvalue weighted by Gasteiger charge is 2.17. The van der Waals surface area contributed by atoms with Crippen LogP contribution in [0.15, 0.2) is 18.2 Å². The summed E-state index contributed by atoms with van der Waals surface area (Å²) in [6.45, 7) is 1.36. The number of nitrogens with one attached hydrogen (secondary N) is 1. The van der Waals surface area contributed by atoms with Crippen LogP contribution in [0.3, 0.4) is 0 Å². The zero-order valence-electron chi connectivity index (χ0n) is 8.53. The second-order valence-corrected chi connectivity index (χ2v) is 3.68. The first kappa shape index (κ1) is 12.3. The highest BCUT2D eigenvalue weighted by molar-refractivity contribution is 6.34. The van der Waals surface area contributed by atoms with Gasteiger partial charge < -0.3 is 16.2 Å². The fourth-order valence-electron chi connectivity index (χ4n) is 1.05. The molecule has 0 radical (unpaired) electrons. The standard InChI is InChI=1S/C10H11ClN2O3/c1-5(10(15)16)13-9(14)7-4-6(12)2-3-8(7)11/h2-5H,12H2,1H3,(H,13,14)(H,15,16). The number of benzene rings is 1. The molecule has 0 saturated carbocycles. The van der Waals surface area contributed by atoms with Crippen molar-refractivity contribution in [2.45, 2.75) is 13.0 Å². The summed E-state index contributed by atoms with van der Waals surface area (Å²) >= 11 is 5.79. The lowest BCUT2D eigenvalue weighted by atomic mass is 10.2. The Balaban J connectivity index is 2.88. The lowest BCUT2D eigenvalue weighted by Crippen LogP contribution is -2.38. The van der Waals surface area contributed by atoms with Crippen LogP contribution in [-0.2, 0) is 4.79 Å². The number of nitrogens with two attached hydrogens (primary N) is 1. The van der Waals surface area contributed by atoms with Crippen molar-refractivity contribution in [2.24, 2.45) is 0 Å². The third-order valence-corrected chi connectivity index (χ3v) is 2.28. The third kappa shape index (κ3) is 2.87. The molecule has 0 bridgehead atoms. The molecule has 1 atom stereocenters. The Morgan fingerprint density at radius 3 is 2.69 bits per heavy atom. The van der Waals surface area contributed by atoms with E-state index in [-0.39, 0.29) is 10.6 Å². The van der Waals surface area contributed by atoms with E-state index in [4.69, 9.17) is 22.4 Å². The molecule has 1 unspecified atom stereocenters. The van der Waals surface area contributed by atoms with Gasteiger partial charge in [0.15, 0.2) is 0 Å². The van der Waals surface area contributed by atoms with Crippen molar-refractivity contribution in [2.75, 3.05) is 5.73 Å². The van der Waals surface area contributed by atoms with Gasteiger partial charge in [0.05, 0.1) is 10.6 Å². The molecule has 4 N–H and O–H groups in total. The summed E-state index contributed by atoms with van der Waals surface area (Å²) in [5.41, 5.74) is 6.05. The molecule has 1 aromatic rings. The van der Waals surface area contributed by atoms with Crippen molar-refractivity contribution in [3.05, 3.63) is 28.8 Å². The van der Waals surface area contributed by atoms with Crippen LogP contribution in [0.25, 0.3) is 0 Å². The summed E-state index contributed by atoms with van der Waals surface area (Å²) < 4.78 is 0. The zero-order chi connectivity index (χ0) is 12.3. The van der Waals surface area contributed by atoms with Gasteiger partial charge in [0.25, 0.3) is 5.91 Å². The summed E-state index contributed by atoms with van der Waals surface area (Å²) in [4.78, 5) is 22.2. The quantitative estimate of drug-likeness (QED) is 0.693. The predicted octanol–water partition coefficient (Wildman–Crippen LogP) is 1.13.